The molecule has 0 aromatic carbocycles. The molecule has 1 saturated heterocycles. The fraction of sp³-hybridized carbons (Fsp3) is 1.00. The van der Waals surface area contributed by atoms with Gasteiger partial charge in [0, 0.05) is 19.6 Å². The quantitative estimate of drug-likeness (QED) is 0.713. The van der Waals surface area contributed by atoms with Crippen LogP contribution in [0.3, 0.4) is 0 Å². The average Bonchev–Trinajstić information content (AvgIpc) is 2.77. The van der Waals surface area contributed by atoms with Crippen molar-refractivity contribution in [3.05, 3.63) is 0 Å². The molecule has 102 valence electrons. The van der Waals surface area contributed by atoms with Crippen molar-refractivity contribution in [2.75, 3.05) is 33.2 Å². The van der Waals surface area contributed by atoms with Gasteiger partial charge in [0.2, 0.25) is 0 Å². The molecule has 0 radical (unpaired) electrons. The summed E-state index contributed by atoms with van der Waals surface area (Å²) in [6.07, 6.45) is 3.45. The Morgan fingerprint density at radius 3 is 2.47 bits per heavy atom. The van der Waals surface area contributed by atoms with Crippen molar-refractivity contribution in [1.82, 2.24) is 10.2 Å². The summed E-state index contributed by atoms with van der Waals surface area (Å²) in [7, 11) is 2.04. The number of hydrogen-bond acceptors (Lipinski definition) is 3. The zero-order valence-electron chi connectivity index (χ0n) is 12.0. The Balaban J connectivity index is 2.51. The maximum Gasteiger partial charge on any atom is 0.0552 e. The zero-order chi connectivity index (χ0) is 12.9. The second kappa shape index (κ2) is 6.72. The molecule has 17 heavy (non-hydrogen) atoms. The summed E-state index contributed by atoms with van der Waals surface area (Å²) < 4.78 is 0. The highest BCUT2D eigenvalue weighted by molar-refractivity contribution is 4.87. The number of likely N-dealkylation sites (tertiary alicyclic amines) is 1. The number of rotatable bonds is 7. The van der Waals surface area contributed by atoms with Crippen molar-refractivity contribution in [2.24, 2.45) is 11.3 Å². The summed E-state index contributed by atoms with van der Waals surface area (Å²) in [4.78, 5) is 2.54. The van der Waals surface area contributed by atoms with Crippen LogP contribution in [0.5, 0.6) is 0 Å². The second-order valence-electron chi connectivity index (χ2n) is 5.76. The van der Waals surface area contributed by atoms with E-state index >= 15 is 0 Å². The summed E-state index contributed by atoms with van der Waals surface area (Å²) in [6.45, 7) is 11.0. The van der Waals surface area contributed by atoms with Gasteiger partial charge in [0.25, 0.3) is 0 Å². The predicted octanol–water partition coefficient (Wildman–Crippen LogP) is 1.71. The highest BCUT2D eigenvalue weighted by atomic mass is 16.3. The first kappa shape index (κ1) is 14.9. The van der Waals surface area contributed by atoms with E-state index in [1.54, 1.807) is 0 Å². The smallest absolute Gasteiger partial charge is 0.0552 e. The molecular formula is C14H30N2O. The molecule has 0 saturated carbocycles. The zero-order valence-corrected chi connectivity index (χ0v) is 12.0. The van der Waals surface area contributed by atoms with Gasteiger partial charge in [-0.05, 0) is 51.1 Å². The van der Waals surface area contributed by atoms with Gasteiger partial charge in [0.05, 0.1) is 6.10 Å². The minimum absolute atomic E-state index is 0.151. The standard InChI is InChI=1S/C14H30N2O/c1-5-14(6-2,10-15-4)11-16-8-7-13(9-16)12(3)17/h12-13,15,17H,5-11H2,1-4H3. The number of aliphatic hydroxyl groups is 1. The Bertz CT molecular complexity index is 214. The van der Waals surface area contributed by atoms with Crippen LogP contribution in [-0.4, -0.2) is 49.3 Å². The number of nitrogens with one attached hydrogen (secondary N) is 1. The van der Waals surface area contributed by atoms with Crippen molar-refractivity contribution in [1.29, 1.82) is 0 Å². The van der Waals surface area contributed by atoms with Gasteiger partial charge >= 0.3 is 0 Å². The van der Waals surface area contributed by atoms with Crippen LogP contribution in [0.4, 0.5) is 0 Å². The van der Waals surface area contributed by atoms with Crippen molar-refractivity contribution in [3.63, 3.8) is 0 Å². The van der Waals surface area contributed by atoms with E-state index in [2.05, 4.69) is 24.1 Å². The Morgan fingerprint density at radius 2 is 2.06 bits per heavy atom. The van der Waals surface area contributed by atoms with E-state index in [-0.39, 0.29) is 6.10 Å². The molecule has 1 aliphatic heterocycles. The van der Waals surface area contributed by atoms with E-state index in [1.165, 1.54) is 19.4 Å². The molecule has 1 heterocycles. The largest absolute Gasteiger partial charge is 0.393 e. The van der Waals surface area contributed by atoms with Crippen LogP contribution < -0.4 is 5.32 Å². The predicted molar refractivity (Wildman–Crippen MR) is 73.2 cm³/mol. The first-order valence-corrected chi connectivity index (χ1v) is 7.12. The number of aliphatic hydroxyl groups excluding tert-OH is 1. The lowest BCUT2D eigenvalue weighted by Crippen LogP contribution is -2.42. The van der Waals surface area contributed by atoms with Gasteiger partial charge in [-0.1, -0.05) is 13.8 Å². The molecule has 2 atom stereocenters. The molecule has 2 N–H and O–H groups in total. The van der Waals surface area contributed by atoms with E-state index < -0.39 is 0 Å². The first-order valence-electron chi connectivity index (χ1n) is 7.12. The van der Waals surface area contributed by atoms with Crippen LogP contribution in [0.2, 0.25) is 0 Å². The van der Waals surface area contributed by atoms with Gasteiger partial charge < -0.3 is 15.3 Å². The van der Waals surface area contributed by atoms with Crippen LogP contribution in [0.1, 0.15) is 40.0 Å². The van der Waals surface area contributed by atoms with Crippen LogP contribution in [0, 0.1) is 11.3 Å². The van der Waals surface area contributed by atoms with Gasteiger partial charge in [-0.25, -0.2) is 0 Å². The third-order valence-corrected chi connectivity index (χ3v) is 4.60. The highest BCUT2D eigenvalue weighted by Crippen LogP contribution is 2.30. The molecule has 3 heteroatoms. The first-order chi connectivity index (χ1) is 8.06. The van der Waals surface area contributed by atoms with Crippen LogP contribution in [0.25, 0.3) is 0 Å². The molecule has 0 amide bonds. The lowest BCUT2D eigenvalue weighted by molar-refractivity contribution is 0.113. The molecule has 2 unspecified atom stereocenters. The van der Waals surface area contributed by atoms with E-state index in [0.29, 0.717) is 11.3 Å². The van der Waals surface area contributed by atoms with Crippen LogP contribution in [-0.2, 0) is 0 Å². The van der Waals surface area contributed by atoms with E-state index in [9.17, 15) is 5.11 Å². The average molecular weight is 242 g/mol. The topological polar surface area (TPSA) is 35.5 Å². The Labute approximate surface area is 107 Å². The Hall–Kier alpha value is -0.120. The van der Waals surface area contributed by atoms with Gasteiger partial charge in [-0.2, -0.15) is 0 Å². The van der Waals surface area contributed by atoms with Crippen molar-refractivity contribution < 1.29 is 5.11 Å². The lowest BCUT2D eigenvalue weighted by atomic mass is 9.81. The van der Waals surface area contributed by atoms with Crippen LogP contribution >= 0.6 is 0 Å². The Kier molecular flexibility index (Phi) is 5.90. The molecule has 0 spiro atoms. The molecule has 1 rings (SSSR count). The summed E-state index contributed by atoms with van der Waals surface area (Å²) in [5.74, 6) is 0.482. The number of hydrogen-bond donors (Lipinski definition) is 2. The normalized spacial score (nSPS) is 24.2. The third kappa shape index (κ3) is 3.94. The third-order valence-electron chi connectivity index (χ3n) is 4.60. The summed E-state index contributed by atoms with van der Waals surface area (Å²) in [5, 5.41) is 13.0. The fourth-order valence-electron chi connectivity index (χ4n) is 3.03. The van der Waals surface area contributed by atoms with Gasteiger partial charge in [-0.15, -0.1) is 0 Å². The van der Waals surface area contributed by atoms with E-state index in [1.807, 2.05) is 14.0 Å². The number of nitrogens with zero attached hydrogens (tertiary/aromatic N) is 1. The monoisotopic (exact) mass is 242 g/mol. The molecule has 1 aliphatic rings. The Morgan fingerprint density at radius 1 is 1.41 bits per heavy atom. The maximum atomic E-state index is 9.65. The minimum Gasteiger partial charge on any atom is -0.393 e. The summed E-state index contributed by atoms with van der Waals surface area (Å²) in [6, 6.07) is 0. The van der Waals surface area contributed by atoms with Crippen molar-refractivity contribution >= 4 is 0 Å². The van der Waals surface area contributed by atoms with Crippen molar-refractivity contribution in [3.8, 4) is 0 Å². The SMILES string of the molecule is CCC(CC)(CNC)CN1CCC(C(C)O)C1. The maximum absolute atomic E-state index is 9.65. The molecule has 0 aromatic rings. The van der Waals surface area contributed by atoms with Gasteiger partial charge in [0.1, 0.15) is 0 Å². The van der Waals surface area contributed by atoms with Gasteiger partial charge in [0.15, 0.2) is 0 Å². The van der Waals surface area contributed by atoms with Gasteiger partial charge in [-0.3, -0.25) is 0 Å². The molecule has 1 fully saturated rings. The lowest BCUT2D eigenvalue weighted by Gasteiger charge is -2.36. The summed E-state index contributed by atoms with van der Waals surface area (Å²) in [5.41, 5.74) is 0.405. The molecule has 0 aromatic heterocycles. The minimum atomic E-state index is -0.151. The summed E-state index contributed by atoms with van der Waals surface area (Å²) >= 11 is 0. The van der Waals surface area contributed by atoms with E-state index in [4.69, 9.17) is 0 Å². The molecule has 0 aliphatic carbocycles. The molecule has 0 bridgehead atoms. The molecular weight excluding hydrogens is 212 g/mol. The fourth-order valence-corrected chi connectivity index (χ4v) is 3.03. The van der Waals surface area contributed by atoms with Crippen LogP contribution in [0.15, 0.2) is 0 Å². The van der Waals surface area contributed by atoms with E-state index in [0.717, 1.165) is 26.1 Å². The molecule has 3 nitrogen and oxygen atoms in total. The van der Waals surface area contributed by atoms with Crippen molar-refractivity contribution in [2.45, 2.75) is 46.1 Å². The second-order valence-corrected chi connectivity index (χ2v) is 5.76. The highest BCUT2D eigenvalue weighted by Gasteiger charge is 2.33.